The fourth-order valence-corrected chi connectivity index (χ4v) is 4.70. The Balaban J connectivity index is 1.84. The number of esters is 2. The minimum absolute atomic E-state index is 0.221. The van der Waals surface area contributed by atoms with Gasteiger partial charge in [0, 0.05) is 30.2 Å². The van der Waals surface area contributed by atoms with E-state index in [1.54, 1.807) is 0 Å². The van der Waals surface area contributed by atoms with Crippen molar-refractivity contribution in [1.29, 1.82) is 0 Å². The van der Waals surface area contributed by atoms with Gasteiger partial charge in [0.15, 0.2) is 0 Å². The number of carbonyl (C=O) groups excluding carboxylic acids is 2. The van der Waals surface area contributed by atoms with Crippen molar-refractivity contribution in [3.8, 4) is 0 Å². The van der Waals surface area contributed by atoms with Crippen LogP contribution in [0.1, 0.15) is 70.6 Å². The summed E-state index contributed by atoms with van der Waals surface area (Å²) in [5, 5.41) is 7.14. The maximum atomic E-state index is 12.5. The van der Waals surface area contributed by atoms with Gasteiger partial charge >= 0.3 is 11.9 Å². The maximum Gasteiger partial charge on any atom is 0.335 e. The van der Waals surface area contributed by atoms with Crippen LogP contribution in [0.5, 0.6) is 0 Å². The van der Waals surface area contributed by atoms with Crippen molar-refractivity contribution in [2.75, 3.05) is 14.2 Å². The van der Waals surface area contributed by atoms with Crippen LogP contribution < -0.4 is 10.6 Å². The lowest BCUT2D eigenvalue weighted by molar-refractivity contribution is -0.138. The summed E-state index contributed by atoms with van der Waals surface area (Å²) in [4.78, 5) is 25.0. The van der Waals surface area contributed by atoms with Gasteiger partial charge in [0.05, 0.1) is 25.4 Å². The summed E-state index contributed by atoms with van der Waals surface area (Å²) in [5.74, 6) is -0.658. The van der Waals surface area contributed by atoms with E-state index in [1.807, 2.05) is 6.08 Å². The number of methoxy groups -OCH3 is 2. The summed E-state index contributed by atoms with van der Waals surface area (Å²) in [7, 11) is 2.82. The third-order valence-electron chi connectivity index (χ3n) is 6.27. The Labute approximate surface area is 168 Å². The van der Waals surface area contributed by atoms with E-state index in [2.05, 4.69) is 10.6 Å². The molecule has 6 nitrogen and oxygen atoms in total. The van der Waals surface area contributed by atoms with Gasteiger partial charge in [0.1, 0.15) is 0 Å². The zero-order valence-corrected chi connectivity index (χ0v) is 17.2. The van der Waals surface area contributed by atoms with E-state index >= 15 is 0 Å². The Hall–Kier alpha value is -1.82. The number of rotatable bonds is 6. The van der Waals surface area contributed by atoms with Gasteiger partial charge in [0.25, 0.3) is 0 Å². The lowest BCUT2D eigenvalue weighted by Gasteiger charge is -2.33. The van der Waals surface area contributed by atoms with Gasteiger partial charge in [-0.25, -0.2) is 9.59 Å². The van der Waals surface area contributed by atoms with Crippen LogP contribution in [-0.4, -0.2) is 44.3 Å². The highest BCUT2D eigenvalue weighted by molar-refractivity contribution is 5.95. The molecule has 156 valence electrons. The zero-order chi connectivity index (χ0) is 19.9. The second-order valence-electron chi connectivity index (χ2n) is 8.21. The van der Waals surface area contributed by atoms with E-state index in [0.29, 0.717) is 29.7 Å². The fourth-order valence-electron chi connectivity index (χ4n) is 4.70. The van der Waals surface area contributed by atoms with Crippen molar-refractivity contribution >= 4 is 11.9 Å². The fraction of sp³-hybridized carbons (Fsp3) is 0.727. The van der Waals surface area contributed by atoms with Crippen molar-refractivity contribution in [3.05, 3.63) is 22.9 Å². The number of hydrogen-bond acceptors (Lipinski definition) is 6. The first-order valence-electron chi connectivity index (χ1n) is 10.8. The Morgan fingerprint density at radius 1 is 0.857 bits per heavy atom. The molecule has 0 bridgehead atoms. The molecule has 0 heterocycles. The van der Waals surface area contributed by atoms with E-state index in [9.17, 15) is 9.59 Å². The molecule has 0 spiro atoms. The lowest BCUT2D eigenvalue weighted by Crippen LogP contribution is -2.45. The minimum atomic E-state index is -0.333. The molecule has 0 aliphatic heterocycles. The minimum Gasteiger partial charge on any atom is -0.466 e. The molecule has 6 heteroatoms. The summed E-state index contributed by atoms with van der Waals surface area (Å²) in [6, 6.07) is 0.488. The Morgan fingerprint density at radius 2 is 1.43 bits per heavy atom. The quantitative estimate of drug-likeness (QED) is 0.679. The molecule has 3 aliphatic rings. The van der Waals surface area contributed by atoms with Crippen molar-refractivity contribution in [2.45, 2.75) is 88.8 Å². The van der Waals surface area contributed by atoms with E-state index in [0.717, 1.165) is 31.4 Å². The standard InChI is InChI=1S/C22H34N2O4/c1-27-21(25)17-13-20(24-16-11-7-4-8-12-16)18(22(26)28-2)14-19(17)23-15-9-5-3-6-10-15/h13,15-16,19,23-24H,3-12,14H2,1-2H3. The monoisotopic (exact) mass is 390 g/mol. The predicted octanol–water partition coefficient (Wildman–Crippen LogP) is 3.13. The first-order chi connectivity index (χ1) is 13.6. The first-order valence-corrected chi connectivity index (χ1v) is 10.8. The highest BCUT2D eigenvalue weighted by Crippen LogP contribution is 2.29. The topological polar surface area (TPSA) is 76.7 Å². The summed E-state index contributed by atoms with van der Waals surface area (Å²) >= 11 is 0. The smallest absolute Gasteiger partial charge is 0.335 e. The van der Waals surface area contributed by atoms with Gasteiger partial charge in [-0.15, -0.1) is 0 Å². The van der Waals surface area contributed by atoms with Gasteiger partial charge < -0.3 is 20.1 Å². The molecule has 0 aromatic rings. The number of hydrogen-bond donors (Lipinski definition) is 2. The highest BCUT2D eigenvalue weighted by Gasteiger charge is 2.33. The Morgan fingerprint density at radius 3 is 2.00 bits per heavy atom. The first kappa shape index (κ1) is 20.9. The third kappa shape index (κ3) is 5.16. The van der Waals surface area contributed by atoms with Crippen LogP contribution in [-0.2, 0) is 19.1 Å². The van der Waals surface area contributed by atoms with Crippen molar-refractivity contribution in [2.24, 2.45) is 0 Å². The van der Waals surface area contributed by atoms with Crippen LogP contribution >= 0.6 is 0 Å². The molecule has 1 unspecified atom stereocenters. The third-order valence-corrected chi connectivity index (χ3v) is 6.27. The Bertz CT molecular complexity index is 628. The van der Waals surface area contributed by atoms with Crippen molar-refractivity contribution in [3.63, 3.8) is 0 Å². The number of ether oxygens (including phenoxy) is 2. The maximum absolute atomic E-state index is 12.5. The van der Waals surface area contributed by atoms with Crippen LogP contribution in [0.2, 0.25) is 0 Å². The van der Waals surface area contributed by atoms with E-state index in [4.69, 9.17) is 9.47 Å². The lowest BCUT2D eigenvalue weighted by atomic mass is 9.87. The average molecular weight is 391 g/mol. The predicted molar refractivity (Wildman–Crippen MR) is 108 cm³/mol. The van der Waals surface area contributed by atoms with Crippen LogP contribution in [0.3, 0.4) is 0 Å². The van der Waals surface area contributed by atoms with Gasteiger partial charge in [-0.2, -0.15) is 0 Å². The van der Waals surface area contributed by atoms with Crippen molar-refractivity contribution in [1.82, 2.24) is 10.6 Å². The molecular weight excluding hydrogens is 356 g/mol. The zero-order valence-electron chi connectivity index (χ0n) is 17.2. The normalized spacial score (nSPS) is 24.5. The molecule has 3 rings (SSSR count). The van der Waals surface area contributed by atoms with E-state index in [-0.39, 0.29) is 18.0 Å². The SMILES string of the molecule is COC(=O)C1=CC(NC2CCCCC2)=C(C(=O)OC)CC1NC1CCCCC1. The van der Waals surface area contributed by atoms with Crippen LogP contribution in [0.15, 0.2) is 22.9 Å². The van der Waals surface area contributed by atoms with Gasteiger partial charge in [-0.1, -0.05) is 38.5 Å². The average Bonchev–Trinajstić information content (AvgIpc) is 2.74. The molecule has 0 aromatic heterocycles. The van der Waals surface area contributed by atoms with Crippen LogP contribution in [0.25, 0.3) is 0 Å². The summed E-state index contributed by atoms with van der Waals surface area (Å²) in [6.07, 6.45) is 14.0. The van der Waals surface area contributed by atoms with Crippen LogP contribution in [0.4, 0.5) is 0 Å². The summed E-state index contributed by atoms with van der Waals surface area (Å²) in [6.45, 7) is 0. The van der Waals surface area contributed by atoms with Gasteiger partial charge in [-0.05, 0) is 31.8 Å². The number of carbonyl (C=O) groups is 2. The van der Waals surface area contributed by atoms with Crippen molar-refractivity contribution < 1.29 is 19.1 Å². The van der Waals surface area contributed by atoms with Gasteiger partial charge in [0.2, 0.25) is 0 Å². The molecule has 0 saturated heterocycles. The molecule has 0 amide bonds. The molecule has 2 saturated carbocycles. The molecule has 0 radical (unpaired) electrons. The molecule has 1 atom stereocenters. The number of nitrogens with one attached hydrogen (secondary N) is 2. The molecule has 3 aliphatic carbocycles. The molecular formula is C22H34N2O4. The number of allylic oxidation sites excluding steroid dienone is 1. The molecule has 28 heavy (non-hydrogen) atoms. The second-order valence-corrected chi connectivity index (χ2v) is 8.21. The summed E-state index contributed by atoms with van der Waals surface area (Å²) in [5.41, 5.74) is 1.94. The largest absolute Gasteiger partial charge is 0.466 e. The van der Waals surface area contributed by atoms with E-state index in [1.165, 1.54) is 52.7 Å². The van der Waals surface area contributed by atoms with E-state index < -0.39 is 0 Å². The highest BCUT2D eigenvalue weighted by atomic mass is 16.5. The second kappa shape index (κ2) is 10.1. The molecule has 2 N–H and O–H groups in total. The molecule has 2 fully saturated rings. The van der Waals surface area contributed by atoms with Gasteiger partial charge in [-0.3, -0.25) is 0 Å². The Kier molecular flexibility index (Phi) is 7.54. The summed E-state index contributed by atoms with van der Waals surface area (Å²) < 4.78 is 10.1. The molecule has 0 aromatic carbocycles. The van der Waals surface area contributed by atoms with Crippen LogP contribution in [0, 0.1) is 0 Å².